The number of ether oxygens (including phenoxy) is 1. The molecule has 0 radical (unpaired) electrons. The summed E-state index contributed by atoms with van der Waals surface area (Å²) in [4.78, 5) is 14.2. The number of aromatic nitrogens is 3. The SMILES string of the molecule is CCNc1nc(NCCc2cccs2)nc(OC(C)C)n1. The predicted octanol–water partition coefficient (Wildman–Crippen LogP) is 2.81. The lowest BCUT2D eigenvalue weighted by Crippen LogP contribution is -2.14. The van der Waals surface area contributed by atoms with Crippen molar-refractivity contribution >= 4 is 23.2 Å². The minimum Gasteiger partial charge on any atom is -0.461 e. The van der Waals surface area contributed by atoms with Gasteiger partial charge >= 0.3 is 6.01 Å². The fourth-order valence-electron chi connectivity index (χ4n) is 1.69. The molecule has 0 aliphatic rings. The molecular formula is C14H21N5OS. The van der Waals surface area contributed by atoms with Crippen molar-refractivity contribution < 1.29 is 4.74 Å². The van der Waals surface area contributed by atoms with Gasteiger partial charge in [0.1, 0.15) is 0 Å². The lowest BCUT2D eigenvalue weighted by atomic mass is 10.3. The van der Waals surface area contributed by atoms with E-state index in [1.807, 2.05) is 20.8 Å². The van der Waals surface area contributed by atoms with E-state index in [0.717, 1.165) is 19.5 Å². The molecule has 0 bridgehead atoms. The van der Waals surface area contributed by atoms with Gasteiger partial charge in [-0.2, -0.15) is 15.0 Å². The summed E-state index contributed by atoms with van der Waals surface area (Å²) in [6.45, 7) is 7.41. The Labute approximate surface area is 129 Å². The second kappa shape index (κ2) is 7.78. The maximum Gasteiger partial charge on any atom is 0.323 e. The summed E-state index contributed by atoms with van der Waals surface area (Å²) in [7, 11) is 0. The van der Waals surface area contributed by atoms with Crippen LogP contribution in [0.2, 0.25) is 0 Å². The molecule has 2 aromatic heterocycles. The first kappa shape index (κ1) is 15.5. The fraction of sp³-hybridized carbons (Fsp3) is 0.500. The topological polar surface area (TPSA) is 72.0 Å². The second-order valence-electron chi connectivity index (χ2n) is 4.72. The third kappa shape index (κ3) is 5.18. The second-order valence-corrected chi connectivity index (χ2v) is 5.75. The van der Waals surface area contributed by atoms with Crippen LogP contribution in [0.3, 0.4) is 0 Å². The number of hydrogen-bond donors (Lipinski definition) is 2. The van der Waals surface area contributed by atoms with E-state index in [1.165, 1.54) is 4.88 Å². The van der Waals surface area contributed by atoms with Crippen LogP contribution in [-0.2, 0) is 6.42 Å². The van der Waals surface area contributed by atoms with Crippen LogP contribution in [0.15, 0.2) is 17.5 Å². The lowest BCUT2D eigenvalue weighted by Gasteiger charge is -2.11. The molecule has 114 valence electrons. The summed E-state index contributed by atoms with van der Waals surface area (Å²) in [6, 6.07) is 4.52. The fourth-order valence-corrected chi connectivity index (χ4v) is 2.40. The molecule has 0 amide bonds. The van der Waals surface area contributed by atoms with Gasteiger partial charge in [-0.15, -0.1) is 11.3 Å². The van der Waals surface area contributed by atoms with Crippen molar-refractivity contribution in [1.29, 1.82) is 0 Å². The Balaban J connectivity index is 2.00. The van der Waals surface area contributed by atoms with Crippen molar-refractivity contribution in [3.8, 4) is 6.01 Å². The Hall–Kier alpha value is -1.89. The number of anilines is 2. The zero-order valence-electron chi connectivity index (χ0n) is 12.6. The quantitative estimate of drug-likeness (QED) is 0.781. The van der Waals surface area contributed by atoms with Gasteiger partial charge < -0.3 is 15.4 Å². The van der Waals surface area contributed by atoms with E-state index in [9.17, 15) is 0 Å². The van der Waals surface area contributed by atoms with Gasteiger partial charge in [-0.05, 0) is 38.6 Å². The van der Waals surface area contributed by atoms with Crippen LogP contribution in [0.5, 0.6) is 6.01 Å². The Kier molecular flexibility index (Phi) is 5.74. The Bertz CT molecular complexity index is 544. The van der Waals surface area contributed by atoms with Gasteiger partial charge in [0.15, 0.2) is 0 Å². The van der Waals surface area contributed by atoms with E-state index in [2.05, 4.69) is 43.1 Å². The van der Waals surface area contributed by atoms with Gasteiger partial charge in [0.25, 0.3) is 0 Å². The van der Waals surface area contributed by atoms with Gasteiger partial charge in [-0.3, -0.25) is 0 Å². The van der Waals surface area contributed by atoms with E-state index in [4.69, 9.17) is 4.74 Å². The van der Waals surface area contributed by atoms with Crippen molar-refractivity contribution in [3.63, 3.8) is 0 Å². The van der Waals surface area contributed by atoms with Crippen LogP contribution in [0.25, 0.3) is 0 Å². The first-order chi connectivity index (χ1) is 10.2. The molecule has 0 unspecified atom stereocenters. The van der Waals surface area contributed by atoms with E-state index < -0.39 is 0 Å². The number of hydrogen-bond acceptors (Lipinski definition) is 7. The summed E-state index contributed by atoms with van der Waals surface area (Å²) in [5.41, 5.74) is 0. The molecule has 0 spiro atoms. The average Bonchev–Trinajstić information content (AvgIpc) is 2.91. The summed E-state index contributed by atoms with van der Waals surface area (Å²) < 4.78 is 5.55. The van der Waals surface area contributed by atoms with E-state index in [0.29, 0.717) is 17.9 Å². The van der Waals surface area contributed by atoms with E-state index >= 15 is 0 Å². The van der Waals surface area contributed by atoms with Gasteiger partial charge in [-0.1, -0.05) is 6.07 Å². The Morgan fingerprint density at radius 1 is 1.19 bits per heavy atom. The molecule has 7 heteroatoms. The van der Waals surface area contributed by atoms with Crippen molar-refractivity contribution in [2.24, 2.45) is 0 Å². The zero-order valence-corrected chi connectivity index (χ0v) is 13.4. The molecule has 2 heterocycles. The standard InChI is InChI=1S/C14H21N5OS/c1-4-15-12-17-13(19-14(18-12)20-10(2)3)16-8-7-11-6-5-9-21-11/h5-6,9-10H,4,7-8H2,1-3H3,(H2,15,16,17,18,19). The summed E-state index contributed by atoms with van der Waals surface area (Å²) in [6.07, 6.45) is 0.973. The predicted molar refractivity (Wildman–Crippen MR) is 86.3 cm³/mol. The lowest BCUT2D eigenvalue weighted by molar-refractivity contribution is 0.222. The van der Waals surface area contributed by atoms with Gasteiger partial charge in [-0.25, -0.2) is 0 Å². The molecule has 2 N–H and O–H groups in total. The van der Waals surface area contributed by atoms with E-state index in [-0.39, 0.29) is 6.10 Å². The van der Waals surface area contributed by atoms with Crippen LogP contribution in [0.4, 0.5) is 11.9 Å². The molecule has 2 aromatic rings. The zero-order chi connectivity index (χ0) is 15.1. The summed E-state index contributed by atoms with van der Waals surface area (Å²) in [5, 5.41) is 8.38. The smallest absolute Gasteiger partial charge is 0.323 e. The Morgan fingerprint density at radius 3 is 2.57 bits per heavy atom. The highest BCUT2D eigenvalue weighted by Crippen LogP contribution is 2.13. The maximum absolute atomic E-state index is 5.55. The largest absolute Gasteiger partial charge is 0.461 e. The Morgan fingerprint density at radius 2 is 1.95 bits per heavy atom. The first-order valence-electron chi connectivity index (χ1n) is 7.10. The van der Waals surface area contributed by atoms with Crippen molar-refractivity contribution in [3.05, 3.63) is 22.4 Å². The molecule has 0 aromatic carbocycles. The molecule has 0 aliphatic carbocycles. The van der Waals surface area contributed by atoms with Crippen LogP contribution in [-0.4, -0.2) is 34.1 Å². The highest BCUT2D eigenvalue weighted by molar-refractivity contribution is 7.09. The van der Waals surface area contributed by atoms with Crippen LogP contribution < -0.4 is 15.4 Å². The van der Waals surface area contributed by atoms with Crippen molar-refractivity contribution in [1.82, 2.24) is 15.0 Å². The number of nitrogens with one attached hydrogen (secondary N) is 2. The first-order valence-corrected chi connectivity index (χ1v) is 7.98. The molecule has 6 nitrogen and oxygen atoms in total. The molecule has 0 fully saturated rings. The van der Waals surface area contributed by atoms with Crippen molar-refractivity contribution in [2.45, 2.75) is 33.3 Å². The van der Waals surface area contributed by atoms with Crippen LogP contribution in [0, 0.1) is 0 Å². The summed E-state index contributed by atoms with van der Waals surface area (Å²) in [5.74, 6) is 1.06. The molecule has 0 atom stereocenters. The third-order valence-corrected chi connectivity index (χ3v) is 3.46. The van der Waals surface area contributed by atoms with E-state index in [1.54, 1.807) is 11.3 Å². The molecule has 0 saturated heterocycles. The van der Waals surface area contributed by atoms with Crippen LogP contribution >= 0.6 is 11.3 Å². The molecule has 21 heavy (non-hydrogen) atoms. The number of rotatable bonds is 8. The monoisotopic (exact) mass is 307 g/mol. The highest BCUT2D eigenvalue weighted by atomic mass is 32.1. The molecular weight excluding hydrogens is 286 g/mol. The van der Waals surface area contributed by atoms with Crippen molar-refractivity contribution in [2.75, 3.05) is 23.7 Å². The highest BCUT2D eigenvalue weighted by Gasteiger charge is 2.08. The average molecular weight is 307 g/mol. The molecule has 2 rings (SSSR count). The third-order valence-electron chi connectivity index (χ3n) is 2.53. The number of thiophene rings is 1. The van der Waals surface area contributed by atoms with Crippen LogP contribution in [0.1, 0.15) is 25.6 Å². The summed E-state index contributed by atoms with van der Waals surface area (Å²) >= 11 is 1.75. The molecule has 0 aliphatic heterocycles. The minimum absolute atomic E-state index is 0.0286. The maximum atomic E-state index is 5.55. The van der Waals surface area contributed by atoms with Gasteiger partial charge in [0.2, 0.25) is 11.9 Å². The van der Waals surface area contributed by atoms with Gasteiger partial charge in [0.05, 0.1) is 6.10 Å². The van der Waals surface area contributed by atoms with Gasteiger partial charge in [0, 0.05) is 18.0 Å². The normalized spacial score (nSPS) is 10.7. The number of nitrogens with zero attached hydrogens (tertiary/aromatic N) is 3. The molecule has 0 saturated carbocycles. The minimum atomic E-state index is 0.0286.